The van der Waals surface area contributed by atoms with Crippen LogP contribution >= 0.6 is 0 Å². The van der Waals surface area contributed by atoms with Crippen LogP contribution in [0, 0.1) is 21.9 Å². The van der Waals surface area contributed by atoms with E-state index in [1.165, 1.54) is 12.1 Å². The molecule has 0 aromatic heterocycles. The molecule has 1 aromatic rings. The van der Waals surface area contributed by atoms with Crippen molar-refractivity contribution in [1.29, 1.82) is 5.26 Å². The molecule has 0 saturated carbocycles. The molecule has 0 saturated heterocycles. The van der Waals surface area contributed by atoms with E-state index in [1.54, 1.807) is 12.1 Å². The van der Waals surface area contributed by atoms with Crippen molar-refractivity contribution in [2.75, 3.05) is 0 Å². The standard InChI is InChI=1S/C6H4NO2Se.CHN/c8-7(9)5-1-3-6(10)4-2-5;1-2/h1-4H;1H. The third-order valence-corrected chi connectivity index (χ3v) is 1.62. The van der Waals surface area contributed by atoms with E-state index < -0.39 is 4.92 Å². The van der Waals surface area contributed by atoms with E-state index in [0.717, 1.165) is 4.46 Å². The van der Waals surface area contributed by atoms with Gasteiger partial charge in [0, 0.05) is 6.57 Å². The molecule has 0 spiro atoms. The Morgan fingerprint density at radius 3 is 2.08 bits per heavy atom. The zero-order valence-corrected chi connectivity index (χ0v) is 7.72. The normalized spacial score (nSPS) is 7.83. The Bertz CT molecular complexity index is 281. The van der Waals surface area contributed by atoms with E-state index in [-0.39, 0.29) is 5.69 Å². The third-order valence-electron chi connectivity index (χ3n) is 1.05. The molecular formula is C7H5N2O2Se. The number of nitriles is 1. The van der Waals surface area contributed by atoms with Crippen molar-refractivity contribution in [3.05, 3.63) is 34.4 Å². The number of benzene rings is 1. The van der Waals surface area contributed by atoms with Gasteiger partial charge in [0.25, 0.3) is 0 Å². The summed E-state index contributed by atoms with van der Waals surface area (Å²) >= 11 is 2.75. The van der Waals surface area contributed by atoms with Crippen LogP contribution in [0.4, 0.5) is 5.69 Å². The molecule has 0 aliphatic heterocycles. The molecule has 0 amide bonds. The van der Waals surface area contributed by atoms with E-state index in [9.17, 15) is 10.1 Å². The van der Waals surface area contributed by atoms with Crippen LogP contribution in [0.3, 0.4) is 0 Å². The van der Waals surface area contributed by atoms with E-state index in [1.807, 2.05) is 0 Å². The Morgan fingerprint density at radius 2 is 1.75 bits per heavy atom. The fourth-order valence-corrected chi connectivity index (χ4v) is 0.853. The second-order valence-electron chi connectivity index (χ2n) is 1.75. The number of rotatable bonds is 1. The fourth-order valence-electron chi connectivity index (χ4n) is 0.568. The summed E-state index contributed by atoms with van der Waals surface area (Å²) in [6.45, 7) is 3.50. The van der Waals surface area contributed by atoms with E-state index in [0.29, 0.717) is 0 Å². The first-order valence-corrected chi connectivity index (χ1v) is 3.73. The van der Waals surface area contributed by atoms with Crippen LogP contribution in [-0.2, 0) is 0 Å². The van der Waals surface area contributed by atoms with Gasteiger partial charge in [-0.25, -0.2) is 5.26 Å². The van der Waals surface area contributed by atoms with Gasteiger partial charge in [0.15, 0.2) is 0 Å². The second-order valence-corrected chi connectivity index (χ2v) is 2.74. The summed E-state index contributed by atoms with van der Waals surface area (Å²) in [4.78, 5) is 9.69. The average Bonchev–Trinajstić information content (AvgIpc) is 2.09. The van der Waals surface area contributed by atoms with Crippen LogP contribution in [-0.4, -0.2) is 20.9 Å². The first-order valence-electron chi connectivity index (χ1n) is 2.87. The zero-order valence-electron chi connectivity index (χ0n) is 6.01. The van der Waals surface area contributed by atoms with Crippen LogP contribution in [0.15, 0.2) is 24.3 Å². The number of nitrogens with zero attached hydrogens (tertiary/aromatic N) is 2. The molecule has 0 N–H and O–H groups in total. The molecule has 61 valence electrons. The fraction of sp³-hybridized carbons (Fsp3) is 0. The Balaban J connectivity index is 0.000000561. The Hall–Kier alpha value is -1.37. The molecule has 5 heteroatoms. The van der Waals surface area contributed by atoms with Crippen molar-refractivity contribution < 1.29 is 4.92 Å². The van der Waals surface area contributed by atoms with Gasteiger partial charge < -0.3 is 0 Å². The molecule has 0 aliphatic carbocycles. The summed E-state index contributed by atoms with van der Waals surface area (Å²) in [5.74, 6) is 0. The van der Waals surface area contributed by atoms with Gasteiger partial charge >= 0.3 is 65.5 Å². The molecule has 0 atom stereocenters. The van der Waals surface area contributed by atoms with Crippen LogP contribution < -0.4 is 4.46 Å². The van der Waals surface area contributed by atoms with Crippen molar-refractivity contribution in [3.8, 4) is 6.57 Å². The first kappa shape index (κ1) is 10.6. The molecule has 12 heavy (non-hydrogen) atoms. The predicted molar refractivity (Wildman–Crippen MR) is 45.2 cm³/mol. The van der Waals surface area contributed by atoms with Crippen molar-refractivity contribution >= 4 is 26.2 Å². The minimum atomic E-state index is -0.417. The van der Waals surface area contributed by atoms with Crippen molar-refractivity contribution in [2.45, 2.75) is 0 Å². The predicted octanol–water partition coefficient (Wildman–Crippen LogP) is 0.528. The summed E-state index contributed by atoms with van der Waals surface area (Å²) in [7, 11) is 0. The average molecular weight is 228 g/mol. The van der Waals surface area contributed by atoms with Crippen LogP contribution in [0.1, 0.15) is 0 Å². The van der Waals surface area contributed by atoms with E-state index >= 15 is 0 Å². The van der Waals surface area contributed by atoms with Gasteiger partial charge in [-0.15, -0.1) is 0 Å². The van der Waals surface area contributed by atoms with E-state index in [4.69, 9.17) is 5.26 Å². The molecule has 0 unspecified atom stereocenters. The van der Waals surface area contributed by atoms with Gasteiger partial charge in [-0.1, -0.05) is 0 Å². The molecule has 0 aliphatic rings. The van der Waals surface area contributed by atoms with Crippen LogP contribution in [0.5, 0.6) is 0 Å². The Kier molecular flexibility index (Phi) is 4.70. The van der Waals surface area contributed by atoms with Crippen molar-refractivity contribution in [3.63, 3.8) is 0 Å². The molecule has 1 radical (unpaired) electrons. The molecule has 4 nitrogen and oxygen atoms in total. The molecule has 1 aromatic carbocycles. The second kappa shape index (κ2) is 5.30. The Morgan fingerprint density at radius 1 is 1.33 bits per heavy atom. The number of hydrogen-bond donors (Lipinski definition) is 0. The number of non-ortho nitro benzene ring substituents is 1. The molecule has 1 rings (SSSR count). The van der Waals surface area contributed by atoms with E-state index in [2.05, 4.69) is 22.6 Å². The summed E-state index contributed by atoms with van der Waals surface area (Å²) in [6, 6.07) is 6.26. The Labute approximate surface area is 77.8 Å². The molecular weight excluding hydrogens is 223 g/mol. The number of hydrogen-bond acceptors (Lipinski definition) is 3. The molecule has 0 bridgehead atoms. The topological polar surface area (TPSA) is 66.9 Å². The minimum absolute atomic E-state index is 0.124. The number of nitro benzene ring substituents is 1. The van der Waals surface area contributed by atoms with Gasteiger partial charge in [-0.2, -0.15) is 0 Å². The van der Waals surface area contributed by atoms with Gasteiger partial charge in [-0.3, -0.25) is 0 Å². The summed E-state index contributed by atoms with van der Waals surface area (Å²) in [6.07, 6.45) is 0. The summed E-state index contributed by atoms with van der Waals surface area (Å²) in [5.41, 5.74) is 0.124. The van der Waals surface area contributed by atoms with Crippen molar-refractivity contribution in [1.82, 2.24) is 0 Å². The van der Waals surface area contributed by atoms with Crippen molar-refractivity contribution in [2.24, 2.45) is 0 Å². The van der Waals surface area contributed by atoms with Gasteiger partial charge in [0.05, 0.1) is 0 Å². The SMILES string of the molecule is C#N.O=[N+]([O-])c1ccc([Se])cc1. The zero-order chi connectivity index (χ0) is 9.56. The summed E-state index contributed by atoms with van der Waals surface area (Å²) in [5, 5.41) is 16.6. The monoisotopic (exact) mass is 229 g/mol. The van der Waals surface area contributed by atoms with Gasteiger partial charge in [-0.05, 0) is 0 Å². The van der Waals surface area contributed by atoms with Crippen LogP contribution in [0.2, 0.25) is 0 Å². The molecule has 0 heterocycles. The number of nitro groups is 1. The van der Waals surface area contributed by atoms with Crippen LogP contribution in [0.25, 0.3) is 0 Å². The quantitative estimate of drug-likeness (QED) is 0.400. The molecule has 0 fully saturated rings. The van der Waals surface area contributed by atoms with Gasteiger partial charge in [0.1, 0.15) is 0 Å². The van der Waals surface area contributed by atoms with Gasteiger partial charge in [0.2, 0.25) is 0 Å². The summed E-state index contributed by atoms with van der Waals surface area (Å²) < 4.78 is 0.908. The maximum atomic E-state index is 10.1. The third kappa shape index (κ3) is 3.15. The maximum absolute atomic E-state index is 10.1. The first-order chi connectivity index (χ1) is 5.70.